The van der Waals surface area contributed by atoms with E-state index in [-0.39, 0.29) is 36.6 Å². The van der Waals surface area contributed by atoms with Gasteiger partial charge in [-0.1, -0.05) is 12.1 Å². The van der Waals surface area contributed by atoms with Gasteiger partial charge in [-0.3, -0.25) is 9.59 Å². The molecule has 1 aromatic carbocycles. The zero-order chi connectivity index (χ0) is 18.3. The Hall–Kier alpha value is -2.09. The monoisotopic (exact) mass is 345 g/mol. The lowest BCUT2D eigenvalue weighted by Crippen LogP contribution is -2.41. The molecule has 0 aliphatic carbocycles. The third-order valence-corrected chi connectivity index (χ3v) is 3.06. The van der Waals surface area contributed by atoms with E-state index in [0.717, 1.165) is 6.07 Å². The van der Waals surface area contributed by atoms with Crippen molar-refractivity contribution in [1.82, 2.24) is 10.6 Å². The van der Waals surface area contributed by atoms with Crippen LogP contribution in [0, 0.1) is 0 Å². The fraction of sp³-hybridized carbons (Fsp3) is 0.500. The molecule has 3 N–H and O–H groups in total. The van der Waals surface area contributed by atoms with Crippen LogP contribution in [0.2, 0.25) is 0 Å². The minimum Gasteiger partial charge on any atom is -0.353 e. The molecule has 0 fully saturated rings. The fourth-order valence-corrected chi connectivity index (χ4v) is 2.03. The lowest BCUT2D eigenvalue weighted by molar-refractivity contribution is -0.137. The number of hydrogen-bond acceptors (Lipinski definition) is 3. The minimum atomic E-state index is -4.54. The molecule has 0 saturated heterocycles. The highest BCUT2D eigenvalue weighted by molar-refractivity contribution is 5.92. The molecule has 0 saturated carbocycles. The Morgan fingerprint density at radius 1 is 1.08 bits per heavy atom. The number of anilines is 1. The number of hydrogen-bond donors (Lipinski definition) is 3. The number of carbonyl (C=O) groups excluding carboxylic acids is 2. The van der Waals surface area contributed by atoms with Gasteiger partial charge in [0.15, 0.2) is 0 Å². The van der Waals surface area contributed by atoms with E-state index in [1.165, 1.54) is 18.2 Å². The number of amides is 2. The normalized spacial score (nSPS) is 12.8. The van der Waals surface area contributed by atoms with Gasteiger partial charge in [0.2, 0.25) is 11.8 Å². The summed E-state index contributed by atoms with van der Waals surface area (Å²) in [5.74, 6) is -0.768. The van der Waals surface area contributed by atoms with E-state index < -0.39 is 17.6 Å². The maximum absolute atomic E-state index is 12.9. The molecule has 0 aliphatic rings. The van der Waals surface area contributed by atoms with Gasteiger partial charge in [-0.2, -0.15) is 13.2 Å². The maximum Gasteiger partial charge on any atom is 0.418 e. The van der Waals surface area contributed by atoms with Crippen LogP contribution in [0.1, 0.15) is 32.8 Å². The Balaban J connectivity index is 2.54. The van der Waals surface area contributed by atoms with E-state index in [2.05, 4.69) is 16.0 Å². The molecule has 1 unspecified atom stereocenters. The molecule has 2 amide bonds. The van der Waals surface area contributed by atoms with Crippen LogP contribution in [0.5, 0.6) is 0 Å². The van der Waals surface area contributed by atoms with E-state index in [0.29, 0.717) is 0 Å². The second kappa shape index (κ2) is 8.68. The van der Waals surface area contributed by atoms with E-state index in [9.17, 15) is 22.8 Å². The first-order valence-electron chi connectivity index (χ1n) is 7.58. The van der Waals surface area contributed by atoms with Crippen molar-refractivity contribution in [2.45, 2.75) is 45.5 Å². The van der Waals surface area contributed by atoms with E-state index in [1.54, 1.807) is 6.92 Å². The van der Waals surface area contributed by atoms with Gasteiger partial charge in [0.1, 0.15) is 0 Å². The molecule has 5 nitrogen and oxygen atoms in total. The number of halogens is 3. The number of para-hydroxylation sites is 1. The standard InChI is InChI=1S/C16H22F3N3O2/c1-10(2)21-15(24)9-20-11(3)8-14(23)22-13-7-5-4-6-12(13)16(17,18)19/h4-7,10-11,20H,8-9H2,1-3H3,(H,21,24)(H,22,23). The molecule has 0 spiro atoms. The average Bonchev–Trinajstić information content (AvgIpc) is 2.43. The number of rotatable bonds is 7. The van der Waals surface area contributed by atoms with Gasteiger partial charge < -0.3 is 16.0 Å². The zero-order valence-electron chi connectivity index (χ0n) is 13.8. The van der Waals surface area contributed by atoms with Gasteiger partial charge in [0, 0.05) is 18.5 Å². The molecule has 0 radical (unpaired) electrons. The van der Waals surface area contributed by atoms with E-state index in [1.807, 2.05) is 13.8 Å². The number of carbonyl (C=O) groups is 2. The van der Waals surface area contributed by atoms with Crippen molar-refractivity contribution in [2.75, 3.05) is 11.9 Å². The second-order valence-electron chi connectivity index (χ2n) is 5.80. The molecule has 0 bridgehead atoms. The first-order valence-corrected chi connectivity index (χ1v) is 7.58. The van der Waals surface area contributed by atoms with Crippen LogP contribution in [0.15, 0.2) is 24.3 Å². The van der Waals surface area contributed by atoms with Gasteiger partial charge >= 0.3 is 6.18 Å². The Kier molecular flexibility index (Phi) is 7.21. The smallest absolute Gasteiger partial charge is 0.353 e. The summed E-state index contributed by atoms with van der Waals surface area (Å²) < 4.78 is 38.6. The summed E-state index contributed by atoms with van der Waals surface area (Å²) in [5.41, 5.74) is -1.17. The Bertz CT molecular complexity index is 574. The van der Waals surface area contributed by atoms with Crippen LogP contribution < -0.4 is 16.0 Å². The summed E-state index contributed by atoms with van der Waals surface area (Å²) in [6.07, 6.45) is -4.59. The lowest BCUT2D eigenvalue weighted by Gasteiger charge is -2.16. The first kappa shape index (κ1) is 20.0. The van der Waals surface area contributed by atoms with Crippen molar-refractivity contribution in [3.63, 3.8) is 0 Å². The topological polar surface area (TPSA) is 70.2 Å². The summed E-state index contributed by atoms with van der Waals surface area (Å²) in [5, 5.41) is 7.81. The number of alkyl halides is 3. The molecule has 0 aromatic heterocycles. The van der Waals surface area contributed by atoms with Gasteiger partial charge in [-0.05, 0) is 32.9 Å². The molecule has 1 aromatic rings. The van der Waals surface area contributed by atoms with Crippen molar-refractivity contribution in [3.8, 4) is 0 Å². The maximum atomic E-state index is 12.9. The Labute approximate surface area is 139 Å². The van der Waals surface area contributed by atoms with Gasteiger partial charge in [-0.15, -0.1) is 0 Å². The predicted molar refractivity (Wildman–Crippen MR) is 85.4 cm³/mol. The largest absolute Gasteiger partial charge is 0.418 e. The summed E-state index contributed by atoms with van der Waals surface area (Å²) in [7, 11) is 0. The first-order chi connectivity index (χ1) is 11.1. The summed E-state index contributed by atoms with van der Waals surface area (Å²) >= 11 is 0. The third kappa shape index (κ3) is 6.99. The minimum absolute atomic E-state index is 0.0109. The Morgan fingerprint density at radius 2 is 1.71 bits per heavy atom. The highest BCUT2D eigenvalue weighted by atomic mass is 19.4. The molecule has 1 rings (SSSR count). The molecule has 24 heavy (non-hydrogen) atoms. The summed E-state index contributed by atoms with van der Waals surface area (Å²) in [4.78, 5) is 23.4. The number of nitrogens with one attached hydrogen (secondary N) is 3. The van der Waals surface area contributed by atoms with Crippen LogP contribution in [-0.4, -0.2) is 30.4 Å². The van der Waals surface area contributed by atoms with Crippen LogP contribution in [0.25, 0.3) is 0 Å². The highest BCUT2D eigenvalue weighted by Gasteiger charge is 2.33. The van der Waals surface area contributed by atoms with Crippen LogP contribution in [0.4, 0.5) is 18.9 Å². The molecule has 1 atom stereocenters. The SMILES string of the molecule is CC(C)NC(=O)CNC(C)CC(=O)Nc1ccccc1C(F)(F)F. The fourth-order valence-electron chi connectivity index (χ4n) is 2.03. The summed E-state index contributed by atoms with van der Waals surface area (Å²) in [6, 6.07) is 4.44. The van der Waals surface area contributed by atoms with Gasteiger partial charge in [-0.25, -0.2) is 0 Å². The van der Waals surface area contributed by atoms with Gasteiger partial charge in [0.25, 0.3) is 0 Å². The molecular formula is C16H22F3N3O2. The average molecular weight is 345 g/mol. The van der Waals surface area contributed by atoms with Crippen molar-refractivity contribution < 1.29 is 22.8 Å². The van der Waals surface area contributed by atoms with Crippen LogP contribution >= 0.6 is 0 Å². The van der Waals surface area contributed by atoms with Crippen LogP contribution in [0.3, 0.4) is 0 Å². The van der Waals surface area contributed by atoms with Crippen molar-refractivity contribution in [2.24, 2.45) is 0 Å². The predicted octanol–water partition coefficient (Wildman–Crippen LogP) is 2.54. The van der Waals surface area contributed by atoms with Crippen molar-refractivity contribution >= 4 is 17.5 Å². The lowest BCUT2D eigenvalue weighted by atomic mass is 10.1. The van der Waals surface area contributed by atoms with E-state index in [4.69, 9.17) is 0 Å². The third-order valence-electron chi connectivity index (χ3n) is 3.06. The molecule has 8 heteroatoms. The molecular weight excluding hydrogens is 323 g/mol. The molecule has 0 heterocycles. The quantitative estimate of drug-likeness (QED) is 0.711. The highest BCUT2D eigenvalue weighted by Crippen LogP contribution is 2.34. The van der Waals surface area contributed by atoms with Crippen LogP contribution in [-0.2, 0) is 15.8 Å². The molecule has 0 aliphatic heterocycles. The van der Waals surface area contributed by atoms with E-state index >= 15 is 0 Å². The second-order valence-corrected chi connectivity index (χ2v) is 5.80. The zero-order valence-corrected chi connectivity index (χ0v) is 13.8. The van der Waals surface area contributed by atoms with Crippen molar-refractivity contribution in [3.05, 3.63) is 29.8 Å². The van der Waals surface area contributed by atoms with Crippen molar-refractivity contribution in [1.29, 1.82) is 0 Å². The molecule has 134 valence electrons. The number of benzene rings is 1. The summed E-state index contributed by atoms with van der Waals surface area (Å²) in [6.45, 7) is 5.36. The Morgan fingerprint density at radius 3 is 2.29 bits per heavy atom. The van der Waals surface area contributed by atoms with Gasteiger partial charge in [0.05, 0.1) is 17.8 Å².